The van der Waals surface area contributed by atoms with E-state index in [4.69, 9.17) is 0 Å². The largest absolute Gasteiger partial charge is 0.433 e. The second-order valence-electron chi connectivity index (χ2n) is 7.31. The highest BCUT2D eigenvalue weighted by atomic mass is 32.2. The van der Waals surface area contributed by atoms with E-state index in [2.05, 4.69) is 20.6 Å². The van der Waals surface area contributed by atoms with Crippen LogP contribution < -0.4 is 16.2 Å². The molecule has 1 aliphatic heterocycles. The van der Waals surface area contributed by atoms with Gasteiger partial charge in [-0.2, -0.15) is 13.2 Å². The molecule has 1 aliphatic rings. The van der Waals surface area contributed by atoms with Crippen molar-refractivity contribution in [3.63, 3.8) is 0 Å². The average Bonchev–Trinajstić information content (AvgIpc) is 2.73. The van der Waals surface area contributed by atoms with Crippen molar-refractivity contribution in [1.82, 2.24) is 14.5 Å². The summed E-state index contributed by atoms with van der Waals surface area (Å²) in [6, 6.07) is 8.76. The number of anilines is 2. The molecule has 0 radical (unpaired) electrons. The Bertz CT molecular complexity index is 1350. The Labute approximate surface area is 181 Å². The lowest BCUT2D eigenvalue weighted by Gasteiger charge is -2.20. The number of pyridine rings is 1. The quantitative estimate of drug-likeness (QED) is 0.571. The highest BCUT2D eigenvalue weighted by Gasteiger charge is 2.35. The molecular formula is C20H18F3N5O3S. The lowest BCUT2D eigenvalue weighted by molar-refractivity contribution is -0.141. The van der Waals surface area contributed by atoms with Crippen molar-refractivity contribution in [2.24, 2.45) is 0 Å². The molecule has 32 heavy (non-hydrogen) atoms. The van der Waals surface area contributed by atoms with Gasteiger partial charge in [-0.1, -0.05) is 6.07 Å². The van der Waals surface area contributed by atoms with Crippen molar-refractivity contribution in [1.29, 1.82) is 0 Å². The van der Waals surface area contributed by atoms with Crippen molar-refractivity contribution < 1.29 is 21.6 Å². The number of aromatic nitrogens is 3. The molecule has 0 spiro atoms. The molecule has 0 amide bonds. The molecular weight excluding hydrogens is 447 g/mol. The van der Waals surface area contributed by atoms with Crippen molar-refractivity contribution in [2.45, 2.75) is 17.9 Å². The number of hydrogen-bond acceptors (Lipinski definition) is 7. The van der Waals surface area contributed by atoms with Crippen LogP contribution >= 0.6 is 0 Å². The number of hydrogen-bond donors (Lipinski definition) is 2. The van der Waals surface area contributed by atoms with Crippen LogP contribution in [-0.2, 0) is 22.6 Å². The van der Waals surface area contributed by atoms with Crippen LogP contribution in [0.25, 0.3) is 11.3 Å². The van der Waals surface area contributed by atoms with E-state index < -0.39 is 26.9 Å². The first-order valence-corrected chi connectivity index (χ1v) is 11.4. The van der Waals surface area contributed by atoms with E-state index >= 15 is 0 Å². The first-order valence-electron chi connectivity index (χ1n) is 9.48. The average molecular weight is 465 g/mol. The van der Waals surface area contributed by atoms with E-state index in [-0.39, 0.29) is 23.4 Å². The van der Waals surface area contributed by atoms with Gasteiger partial charge in [-0.3, -0.25) is 4.79 Å². The molecule has 168 valence electrons. The molecule has 0 saturated heterocycles. The first kappa shape index (κ1) is 21.8. The van der Waals surface area contributed by atoms with Crippen molar-refractivity contribution >= 4 is 21.2 Å². The zero-order chi connectivity index (χ0) is 23.1. The van der Waals surface area contributed by atoms with E-state index in [0.717, 1.165) is 36.3 Å². The fraction of sp³-hybridized carbons (Fsp3) is 0.250. The summed E-state index contributed by atoms with van der Waals surface area (Å²) in [4.78, 5) is 19.3. The molecule has 3 heterocycles. The van der Waals surface area contributed by atoms with Gasteiger partial charge < -0.3 is 15.2 Å². The highest BCUT2D eigenvalue weighted by Crippen LogP contribution is 2.31. The minimum absolute atomic E-state index is 0.153. The summed E-state index contributed by atoms with van der Waals surface area (Å²) in [5, 5.41) is 5.56. The Morgan fingerprint density at radius 1 is 1.03 bits per heavy atom. The van der Waals surface area contributed by atoms with Gasteiger partial charge >= 0.3 is 6.18 Å². The molecule has 8 nitrogen and oxygen atoms in total. The molecule has 1 aromatic carbocycles. The molecule has 2 aromatic heterocycles. The number of sulfone groups is 1. The van der Waals surface area contributed by atoms with E-state index in [0.29, 0.717) is 6.07 Å². The van der Waals surface area contributed by atoms with Gasteiger partial charge in [0.2, 0.25) is 15.0 Å². The standard InChI is InChI=1S/C20H18F3N5O3S/c1-32(30,31)19-26-15(9-17(27-19)20(21,22)23)13-3-5-18(29)28(11-13)10-12-2-4-14-16(8-12)25-7-6-24-14/h2-5,8-9,11,24-25H,6-7,10H2,1H3. The Hall–Kier alpha value is -3.41. The summed E-state index contributed by atoms with van der Waals surface area (Å²) >= 11 is 0. The lowest BCUT2D eigenvalue weighted by atomic mass is 10.1. The molecule has 3 aromatic rings. The second kappa shape index (κ2) is 7.93. The molecule has 0 atom stereocenters. The molecule has 0 aliphatic carbocycles. The van der Waals surface area contributed by atoms with Gasteiger partial charge in [0.25, 0.3) is 5.56 Å². The third-order valence-electron chi connectivity index (χ3n) is 4.80. The van der Waals surface area contributed by atoms with Gasteiger partial charge in [0, 0.05) is 37.2 Å². The maximum absolute atomic E-state index is 13.3. The molecule has 0 saturated carbocycles. The maximum atomic E-state index is 13.3. The van der Waals surface area contributed by atoms with Gasteiger partial charge in [0.15, 0.2) is 0 Å². The molecule has 0 unspecified atom stereocenters. The molecule has 4 rings (SSSR count). The summed E-state index contributed by atoms with van der Waals surface area (Å²) in [7, 11) is -4.10. The fourth-order valence-corrected chi connectivity index (χ4v) is 3.80. The number of alkyl halides is 3. The van der Waals surface area contributed by atoms with E-state index in [1.54, 1.807) is 0 Å². The summed E-state index contributed by atoms with van der Waals surface area (Å²) in [5.74, 6) is 0. The van der Waals surface area contributed by atoms with Crippen LogP contribution in [0.3, 0.4) is 0 Å². The number of nitrogens with zero attached hydrogens (tertiary/aromatic N) is 3. The Morgan fingerprint density at radius 2 is 1.75 bits per heavy atom. The van der Waals surface area contributed by atoms with E-state index in [1.807, 2.05) is 18.2 Å². The predicted octanol–water partition coefficient (Wildman–Crippen LogP) is 2.61. The summed E-state index contributed by atoms with van der Waals surface area (Å²) in [6.07, 6.45) is -2.79. The van der Waals surface area contributed by atoms with Gasteiger partial charge in [0.05, 0.1) is 23.6 Å². The molecule has 0 fully saturated rings. The van der Waals surface area contributed by atoms with Gasteiger partial charge in [-0.05, 0) is 29.8 Å². The van der Waals surface area contributed by atoms with Crippen molar-refractivity contribution in [3.05, 3.63) is 64.2 Å². The number of nitrogens with one attached hydrogen (secondary N) is 2. The fourth-order valence-electron chi connectivity index (χ4n) is 3.27. The van der Waals surface area contributed by atoms with Gasteiger partial charge in [-0.25, -0.2) is 18.4 Å². The monoisotopic (exact) mass is 465 g/mol. The molecule has 0 bridgehead atoms. The normalized spacial score (nSPS) is 13.8. The van der Waals surface area contributed by atoms with Crippen molar-refractivity contribution in [2.75, 3.05) is 30.0 Å². The second-order valence-corrected chi connectivity index (χ2v) is 9.22. The Morgan fingerprint density at radius 3 is 2.44 bits per heavy atom. The van der Waals surface area contributed by atoms with Crippen LogP contribution in [0.1, 0.15) is 11.3 Å². The van der Waals surface area contributed by atoms with E-state index in [1.165, 1.54) is 22.9 Å². The maximum Gasteiger partial charge on any atom is 0.433 e. The minimum atomic E-state index is -4.87. The zero-order valence-electron chi connectivity index (χ0n) is 16.8. The molecule has 2 N–H and O–H groups in total. The number of benzene rings is 1. The summed E-state index contributed by atoms with van der Waals surface area (Å²) in [5.41, 5.74) is 0.781. The zero-order valence-corrected chi connectivity index (χ0v) is 17.6. The topological polar surface area (TPSA) is 106 Å². The summed E-state index contributed by atoms with van der Waals surface area (Å²) in [6.45, 7) is 1.71. The van der Waals surface area contributed by atoms with Gasteiger partial charge in [0.1, 0.15) is 5.69 Å². The van der Waals surface area contributed by atoms with Crippen LogP contribution in [-0.4, -0.2) is 42.3 Å². The van der Waals surface area contributed by atoms with Crippen LogP contribution in [0, 0.1) is 0 Å². The summed E-state index contributed by atoms with van der Waals surface area (Å²) < 4.78 is 64.8. The highest BCUT2D eigenvalue weighted by molar-refractivity contribution is 7.90. The number of rotatable bonds is 4. The third-order valence-corrected chi connectivity index (χ3v) is 5.65. The first-order chi connectivity index (χ1) is 15.0. The van der Waals surface area contributed by atoms with Crippen LogP contribution in [0.5, 0.6) is 0 Å². The van der Waals surface area contributed by atoms with E-state index in [9.17, 15) is 26.4 Å². The van der Waals surface area contributed by atoms with Crippen LogP contribution in [0.4, 0.5) is 24.5 Å². The number of fused-ring (bicyclic) bond motifs is 1. The molecule has 12 heteroatoms. The minimum Gasteiger partial charge on any atom is -0.382 e. The SMILES string of the molecule is CS(=O)(=O)c1nc(-c2ccc(=O)n(Cc3ccc4c(c3)NCCN4)c2)cc(C(F)(F)F)n1. The van der Waals surface area contributed by atoms with Gasteiger partial charge in [-0.15, -0.1) is 0 Å². The third kappa shape index (κ3) is 4.59. The van der Waals surface area contributed by atoms with Crippen LogP contribution in [0.2, 0.25) is 0 Å². The Kier molecular flexibility index (Phi) is 5.41. The van der Waals surface area contributed by atoms with Crippen LogP contribution in [0.15, 0.2) is 52.5 Å². The predicted molar refractivity (Wildman–Crippen MR) is 112 cm³/mol. The van der Waals surface area contributed by atoms with Crippen molar-refractivity contribution in [3.8, 4) is 11.3 Å². The smallest absolute Gasteiger partial charge is 0.382 e. The Balaban J connectivity index is 1.75. The number of halogens is 3. The lowest BCUT2D eigenvalue weighted by Crippen LogP contribution is -2.22.